The molecule has 25 heavy (non-hydrogen) atoms. The van der Waals surface area contributed by atoms with Gasteiger partial charge in [-0.25, -0.2) is 18.4 Å². The van der Waals surface area contributed by atoms with Crippen LogP contribution in [0.4, 0.5) is 5.69 Å². The van der Waals surface area contributed by atoms with E-state index in [9.17, 15) is 8.42 Å². The largest absolute Gasteiger partial charge is 0.494 e. The Bertz CT molecular complexity index is 1040. The number of hydrogen-bond acceptors (Lipinski definition) is 6. The van der Waals surface area contributed by atoms with Gasteiger partial charge in [-0.3, -0.25) is 4.72 Å². The normalized spacial score (nSPS) is 14.6. The first-order valence-electron chi connectivity index (χ1n) is 7.83. The molecule has 6 nitrogen and oxygen atoms in total. The number of nitrogens with one attached hydrogen (secondary N) is 1. The van der Waals surface area contributed by atoms with Crippen LogP contribution in [0.15, 0.2) is 29.1 Å². The number of rotatable bonds is 5. The van der Waals surface area contributed by atoms with E-state index < -0.39 is 10.0 Å². The smallest absolute Gasteiger partial charge is 0.229 e. The van der Waals surface area contributed by atoms with Crippen molar-refractivity contribution in [2.45, 2.75) is 18.8 Å². The predicted octanol–water partition coefficient (Wildman–Crippen LogP) is 3.62. The quantitative estimate of drug-likeness (QED) is 0.737. The maximum atomic E-state index is 11.7. The fraction of sp³-hybridized carbons (Fsp3) is 0.294. The monoisotopic (exact) mass is 375 g/mol. The van der Waals surface area contributed by atoms with E-state index in [0.717, 1.165) is 41.4 Å². The summed E-state index contributed by atoms with van der Waals surface area (Å²) >= 11 is 1.53. The molecule has 1 aromatic carbocycles. The molecule has 2 heterocycles. The van der Waals surface area contributed by atoms with Crippen molar-refractivity contribution in [2.24, 2.45) is 0 Å². The molecule has 0 saturated heterocycles. The third-order valence-corrected chi connectivity index (χ3v) is 5.35. The zero-order valence-corrected chi connectivity index (χ0v) is 15.4. The summed E-state index contributed by atoms with van der Waals surface area (Å²) in [7, 11) is -1.88. The van der Waals surface area contributed by atoms with Crippen molar-refractivity contribution >= 4 is 38.0 Å². The predicted molar refractivity (Wildman–Crippen MR) is 99.8 cm³/mol. The Morgan fingerprint density at radius 2 is 2.04 bits per heavy atom. The maximum absolute atomic E-state index is 11.7. The fourth-order valence-corrected chi connectivity index (χ4v) is 4.04. The van der Waals surface area contributed by atoms with Gasteiger partial charge in [-0.05, 0) is 36.5 Å². The molecular weight excluding hydrogens is 358 g/mol. The van der Waals surface area contributed by atoms with Crippen LogP contribution >= 0.6 is 11.3 Å². The van der Waals surface area contributed by atoms with Gasteiger partial charge in [0, 0.05) is 16.8 Å². The third kappa shape index (κ3) is 3.32. The minimum absolute atomic E-state index is 0.433. The highest BCUT2D eigenvalue weighted by Crippen LogP contribution is 2.45. The van der Waals surface area contributed by atoms with Crippen molar-refractivity contribution < 1.29 is 13.2 Å². The van der Waals surface area contributed by atoms with Crippen LogP contribution in [0.2, 0.25) is 0 Å². The van der Waals surface area contributed by atoms with Crippen LogP contribution < -0.4 is 9.46 Å². The molecule has 0 radical (unpaired) electrons. The topological polar surface area (TPSA) is 81.2 Å². The second-order valence-electron chi connectivity index (χ2n) is 6.19. The van der Waals surface area contributed by atoms with Crippen molar-refractivity contribution in [1.29, 1.82) is 0 Å². The summed E-state index contributed by atoms with van der Waals surface area (Å²) in [6.45, 7) is 0. The van der Waals surface area contributed by atoms with E-state index in [0.29, 0.717) is 17.4 Å². The zero-order chi connectivity index (χ0) is 17.6. The van der Waals surface area contributed by atoms with Crippen molar-refractivity contribution in [3.05, 3.63) is 34.7 Å². The third-order valence-electron chi connectivity index (χ3n) is 4.17. The van der Waals surface area contributed by atoms with E-state index in [1.165, 1.54) is 24.0 Å². The first kappa shape index (κ1) is 16.3. The molecule has 1 aliphatic carbocycles. The average molecular weight is 375 g/mol. The zero-order valence-electron chi connectivity index (χ0n) is 13.8. The molecule has 1 saturated carbocycles. The van der Waals surface area contributed by atoms with Crippen LogP contribution in [0.5, 0.6) is 5.75 Å². The van der Waals surface area contributed by atoms with Crippen LogP contribution in [0.3, 0.4) is 0 Å². The lowest BCUT2D eigenvalue weighted by atomic mass is 10.0. The Hall–Kier alpha value is -2.19. The van der Waals surface area contributed by atoms with Crippen molar-refractivity contribution in [3.63, 3.8) is 0 Å². The van der Waals surface area contributed by atoms with Crippen molar-refractivity contribution in [3.8, 4) is 17.1 Å². The Labute approximate surface area is 149 Å². The molecule has 0 bridgehead atoms. The van der Waals surface area contributed by atoms with Crippen LogP contribution in [-0.4, -0.2) is 31.8 Å². The van der Waals surface area contributed by atoms with Crippen molar-refractivity contribution in [1.82, 2.24) is 9.97 Å². The number of anilines is 1. The van der Waals surface area contributed by atoms with Crippen LogP contribution in [-0.2, 0) is 10.0 Å². The van der Waals surface area contributed by atoms with Gasteiger partial charge in [0.2, 0.25) is 10.0 Å². The number of sulfonamides is 1. The number of thiazole rings is 1. The average Bonchev–Trinajstić information content (AvgIpc) is 3.25. The van der Waals surface area contributed by atoms with Crippen molar-refractivity contribution in [2.75, 3.05) is 18.1 Å². The molecular formula is C17H17N3O3S2. The molecule has 4 rings (SSSR count). The lowest BCUT2D eigenvalue weighted by molar-refractivity contribution is 0.417. The SMILES string of the molecule is COc1cc2nc(-c3cscn3)cc(C3CC3)c2cc1NS(C)(=O)=O. The van der Waals surface area contributed by atoms with Gasteiger partial charge < -0.3 is 4.74 Å². The van der Waals surface area contributed by atoms with Gasteiger partial charge >= 0.3 is 0 Å². The summed E-state index contributed by atoms with van der Waals surface area (Å²) in [5.41, 5.74) is 5.88. The highest BCUT2D eigenvalue weighted by atomic mass is 32.2. The molecule has 0 aliphatic heterocycles. The molecule has 1 N–H and O–H groups in total. The van der Waals surface area contributed by atoms with E-state index in [-0.39, 0.29) is 0 Å². The minimum atomic E-state index is -3.40. The maximum Gasteiger partial charge on any atom is 0.229 e. The lowest BCUT2D eigenvalue weighted by Crippen LogP contribution is -2.10. The highest BCUT2D eigenvalue weighted by Gasteiger charge is 2.27. The second kappa shape index (κ2) is 5.96. The Morgan fingerprint density at radius 1 is 1.24 bits per heavy atom. The number of pyridine rings is 1. The highest BCUT2D eigenvalue weighted by molar-refractivity contribution is 7.92. The van der Waals surface area contributed by atoms with E-state index in [2.05, 4.69) is 15.8 Å². The number of nitrogens with zero attached hydrogens (tertiary/aromatic N) is 2. The number of benzene rings is 1. The Kier molecular flexibility index (Phi) is 3.88. The van der Waals surface area contributed by atoms with Gasteiger partial charge in [0.15, 0.2) is 0 Å². The summed E-state index contributed by atoms with van der Waals surface area (Å²) in [5.74, 6) is 0.935. The molecule has 130 valence electrons. The Balaban J connectivity index is 1.95. The van der Waals surface area contributed by atoms with Crippen LogP contribution in [0, 0.1) is 0 Å². The number of ether oxygens (including phenoxy) is 1. The van der Waals surface area contributed by atoms with Gasteiger partial charge in [0.25, 0.3) is 0 Å². The first-order chi connectivity index (χ1) is 11.9. The summed E-state index contributed by atoms with van der Waals surface area (Å²) in [4.78, 5) is 9.08. The molecule has 8 heteroatoms. The summed E-state index contributed by atoms with van der Waals surface area (Å²) < 4.78 is 31.2. The number of methoxy groups -OCH3 is 1. The molecule has 0 unspecified atom stereocenters. The van der Waals surface area contributed by atoms with Gasteiger partial charge in [-0.2, -0.15) is 0 Å². The summed E-state index contributed by atoms with van der Waals surface area (Å²) in [5, 5.41) is 2.93. The van der Waals surface area contributed by atoms with Gasteiger partial charge in [0.1, 0.15) is 5.75 Å². The molecule has 0 atom stereocenters. The van der Waals surface area contributed by atoms with E-state index in [1.807, 2.05) is 11.4 Å². The number of fused-ring (bicyclic) bond motifs is 1. The molecule has 0 spiro atoms. The van der Waals surface area contributed by atoms with Crippen LogP contribution in [0.25, 0.3) is 22.3 Å². The number of aromatic nitrogens is 2. The summed E-state index contributed by atoms with van der Waals surface area (Å²) in [6, 6.07) is 5.68. The lowest BCUT2D eigenvalue weighted by Gasteiger charge is -2.14. The first-order valence-corrected chi connectivity index (χ1v) is 10.7. The van der Waals surface area contributed by atoms with Gasteiger partial charge in [-0.1, -0.05) is 0 Å². The molecule has 1 fully saturated rings. The van der Waals surface area contributed by atoms with Gasteiger partial charge in [-0.15, -0.1) is 11.3 Å². The summed E-state index contributed by atoms with van der Waals surface area (Å²) in [6.07, 6.45) is 3.40. The van der Waals surface area contributed by atoms with E-state index in [1.54, 1.807) is 11.6 Å². The van der Waals surface area contributed by atoms with Gasteiger partial charge in [0.05, 0.1) is 41.5 Å². The minimum Gasteiger partial charge on any atom is -0.494 e. The molecule has 1 aliphatic rings. The van der Waals surface area contributed by atoms with E-state index in [4.69, 9.17) is 9.72 Å². The molecule has 2 aromatic heterocycles. The molecule has 3 aromatic rings. The Morgan fingerprint density at radius 3 is 2.64 bits per heavy atom. The molecule has 0 amide bonds. The standard InChI is InChI=1S/C17H17N3O3S2/c1-23-17-7-13-12(6-15(17)20-25(2,21)22)11(10-3-4-10)5-14(19-13)16-8-24-9-18-16/h5-10,20H,3-4H2,1-2H3. The van der Waals surface area contributed by atoms with E-state index >= 15 is 0 Å². The fourth-order valence-electron chi connectivity index (χ4n) is 2.93. The second-order valence-corrected chi connectivity index (χ2v) is 8.66. The number of hydrogen-bond donors (Lipinski definition) is 1. The van der Waals surface area contributed by atoms with Crippen LogP contribution in [0.1, 0.15) is 24.3 Å².